The fraction of sp³-hybridized carbons (Fsp3) is 0.100. The lowest BCUT2D eigenvalue weighted by Gasteiger charge is -1.96. The SMILES string of the molecule is CC(=NO)c1cnn(-c2ccccc2)n1. The molecule has 1 N–H and O–H groups in total. The number of nitrogens with zero attached hydrogens (tertiary/aromatic N) is 4. The van der Waals surface area contributed by atoms with Crippen LogP contribution in [0, 0.1) is 0 Å². The molecule has 1 heterocycles. The molecule has 1 aromatic carbocycles. The Bertz CT molecular complexity index is 475. The Labute approximate surface area is 86.7 Å². The molecule has 0 radical (unpaired) electrons. The number of hydrogen-bond acceptors (Lipinski definition) is 4. The summed E-state index contributed by atoms with van der Waals surface area (Å²) in [5.74, 6) is 0. The minimum atomic E-state index is 0.442. The molecule has 0 atom stereocenters. The molecule has 0 saturated carbocycles. The molecule has 0 aliphatic rings. The van der Waals surface area contributed by atoms with E-state index in [2.05, 4.69) is 15.4 Å². The summed E-state index contributed by atoms with van der Waals surface area (Å²) in [7, 11) is 0. The van der Waals surface area contributed by atoms with E-state index >= 15 is 0 Å². The Balaban J connectivity index is 2.36. The van der Waals surface area contributed by atoms with E-state index in [0.29, 0.717) is 11.4 Å². The van der Waals surface area contributed by atoms with E-state index in [1.54, 1.807) is 13.1 Å². The van der Waals surface area contributed by atoms with Crippen LogP contribution in [-0.4, -0.2) is 25.9 Å². The predicted molar refractivity (Wildman–Crippen MR) is 55.4 cm³/mol. The molecule has 0 fully saturated rings. The van der Waals surface area contributed by atoms with Gasteiger partial charge in [-0.15, -0.1) is 5.10 Å². The summed E-state index contributed by atoms with van der Waals surface area (Å²) in [5.41, 5.74) is 1.87. The normalized spacial score (nSPS) is 11.7. The number of para-hydroxylation sites is 1. The van der Waals surface area contributed by atoms with Gasteiger partial charge in [-0.05, 0) is 19.1 Å². The molecule has 0 bridgehead atoms. The number of aromatic nitrogens is 3. The minimum Gasteiger partial charge on any atom is -0.411 e. The molecule has 0 unspecified atom stereocenters. The first kappa shape index (κ1) is 9.39. The van der Waals surface area contributed by atoms with Crippen LogP contribution in [0.5, 0.6) is 0 Å². The van der Waals surface area contributed by atoms with Crippen LogP contribution in [0.25, 0.3) is 5.69 Å². The highest BCUT2D eigenvalue weighted by Crippen LogP contribution is 2.04. The molecule has 15 heavy (non-hydrogen) atoms. The van der Waals surface area contributed by atoms with Gasteiger partial charge in [-0.3, -0.25) is 0 Å². The van der Waals surface area contributed by atoms with Gasteiger partial charge in [-0.1, -0.05) is 23.4 Å². The van der Waals surface area contributed by atoms with E-state index in [9.17, 15) is 0 Å². The fourth-order valence-electron chi connectivity index (χ4n) is 1.17. The van der Waals surface area contributed by atoms with Crippen molar-refractivity contribution in [2.75, 3.05) is 0 Å². The van der Waals surface area contributed by atoms with Crippen LogP contribution >= 0.6 is 0 Å². The van der Waals surface area contributed by atoms with Crippen LogP contribution in [0.15, 0.2) is 41.7 Å². The van der Waals surface area contributed by atoms with Crippen LogP contribution in [0.1, 0.15) is 12.6 Å². The van der Waals surface area contributed by atoms with Crippen LogP contribution in [0.3, 0.4) is 0 Å². The van der Waals surface area contributed by atoms with E-state index in [4.69, 9.17) is 5.21 Å². The lowest BCUT2D eigenvalue weighted by atomic mass is 10.3. The molecule has 0 amide bonds. The molecule has 1 aromatic heterocycles. The molecule has 0 aliphatic heterocycles. The second kappa shape index (κ2) is 3.91. The first-order valence-electron chi connectivity index (χ1n) is 4.48. The summed E-state index contributed by atoms with van der Waals surface area (Å²) in [6.45, 7) is 1.67. The van der Waals surface area contributed by atoms with Crippen LogP contribution in [0.2, 0.25) is 0 Å². The zero-order valence-electron chi connectivity index (χ0n) is 8.20. The Morgan fingerprint density at radius 3 is 2.73 bits per heavy atom. The standard InChI is InChI=1S/C10H10N4O/c1-8(13-15)10-7-11-14(12-10)9-5-3-2-4-6-9/h2-7,15H,1H3. The second-order valence-electron chi connectivity index (χ2n) is 3.04. The molecule has 2 rings (SSSR count). The summed E-state index contributed by atoms with van der Waals surface area (Å²) in [6.07, 6.45) is 1.56. The maximum Gasteiger partial charge on any atom is 0.130 e. The first-order valence-corrected chi connectivity index (χ1v) is 4.48. The zero-order valence-corrected chi connectivity index (χ0v) is 8.20. The minimum absolute atomic E-state index is 0.442. The molecule has 0 aliphatic carbocycles. The van der Waals surface area contributed by atoms with E-state index in [1.807, 2.05) is 30.3 Å². The Morgan fingerprint density at radius 1 is 1.33 bits per heavy atom. The second-order valence-corrected chi connectivity index (χ2v) is 3.04. The average molecular weight is 202 g/mol. The van der Waals surface area contributed by atoms with Gasteiger partial charge in [-0.2, -0.15) is 9.90 Å². The summed E-state index contributed by atoms with van der Waals surface area (Å²) in [6, 6.07) is 9.54. The maximum absolute atomic E-state index is 8.58. The van der Waals surface area contributed by atoms with Gasteiger partial charge in [0.15, 0.2) is 0 Å². The van der Waals surface area contributed by atoms with Crippen molar-refractivity contribution < 1.29 is 5.21 Å². The van der Waals surface area contributed by atoms with Crippen molar-refractivity contribution in [1.82, 2.24) is 15.0 Å². The molecule has 0 spiro atoms. The highest BCUT2D eigenvalue weighted by Gasteiger charge is 2.04. The zero-order chi connectivity index (χ0) is 10.7. The lowest BCUT2D eigenvalue weighted by molar-refractivity contribution is 0.319. The van der Waals surface area contributed by atoms with Gasteiger partial charge >= 0.3 is 0 Å². The number of hydrogen-bond donors (Lipinski definition) is 1. The van der Waals surface area contributed by atoms with Gasteiger partial charge in [0.1, 0.15) is 11.4 Å². The smallest absolute Gasteiger partial charge is 0.130 e. The predicted octanol–water partition coefficient (Wildman–Crippen LogP) is 1.47. The van der Waals surface area contributed by atoms with Gasteiger partial charge in [0, 0.05) is 0 Å². The topological polar surface area (TPSA) is 63.3 Å². The van der Waals surface area contributed by atoms with Crippen molar-refractivity contribution in [3.63, 3.8) is 0 Å². The van der Waals surface area contributed by atoms with Crippen LogP contribution < -0.4 is 0 Å². The largest absolute Gasteiger partial charge is 0.411 e. The highest BCUT2D eigenvalue weighted by molar-refractivity contribution is 5.96. The molecule has 5 nitrogen and oxygen atoms in total. The van der Waals surface area contributed by atoms with Gasteiger partial charge in [0.2, 0.25) is 0 Å². The number of rotatable bonds is 2. The van der Waals surface area contributed by atoms with E-state index in [0.717, 1.165) is 5.69 Å². The molecule has 0 saturated heterocycles. The molecular weight excluding hydrogens is 192 g/mol. The monoisotopic (exact) mass is 202 g/mol. The van der Waals surface area contributed by atoms with Crippen molar-refractivity contribution in [2.45, 2.75) is 6.92 Å². The van der Waals surface area contributed by atoms with E-state index in [1.165, 1.54) is 4.80 Å². The van der Waals surface area contributed by atoms with E-state index < -0.39 is 0 Å². The summed E-state index contributed by atoms with van der Waals surface area (Å²) >= 11 is 0. The molecular formula is C10H10N4O. The number of oxime groups is 1. The third-order valence-electron chi connectivity index (χ3n) is 2.00. The van der Waals surface area contributed by atoms with Crippen molar-refractivity contribution >= 4 is 5.71 Å². The number of benzene rings is 1. The van der Waals surface area contributed by atoms with E-state index in [-0.39, 0.29) is 0 Å². The summed E-state index contributed by atoms with van der Waals surface area (Å²) in [5, 5.41) is 19.9. The Morgan fingerprint density at radius 2 is 2.07 bits per heavy atom. The van der Waals surface area contributed by atoms with Crippen LogP contribution in [-0.2, 0) is 0 Å². The summed E-state index contributed by atoms with van der Waals surface area (Å²) < 4.78 is 0. The van der Waals surface area contributed by atoms with Gasteiger partial charge in [0.05, 0.1) is 11.9 Å². The van der Waals surface area contributed by atoms with Crippen molar-refractivity contribution in [2.24, 2.45) is 5.16 Å². The van der Waals surface area contributed by atoms with Crippen molar-refractivity contribution in [3.05, 3.63) is 42.2 Å². The van der Waals surface area contributed by atoms with Gasteiger partial charge < -0.3 is 5.21 Å². The molecule has 2 aromatic rings. The van der Waals surface area contributed by atoms with Crippen molar-refractivity contribution in [3.8, 4) is 5.69 Å². The third-order valence-corrected chi connectivity index (χ3v) is 2.00. The summed E-state index contributed by atoms with van der Waals surface area (Å²) in [4.78, 5) is 1.49. The third kappa shape index (κ3) is 1.85. The van der Waals surface area contributed by atoms with Gasteiger partial charge in [-0.25, -0.2) is 0 Å². The fourth-order valence-corrected chi connectivity index (χ4v) is 1.17. The molecule has 5 heteroatoms. The van der Waals surface area contributed by atoms with Crippen LogP contribution in [0.4, 0.5) is 0 Å². The van der Waals surface area contributed by atoms with Crippen molar-refractivity contribution in [1.29, 1.82) is 0 Å². The maximum atomic E-state index is 8.58. The first-order chi connectivity index (χ1) is 7.31. The Kier molecular flexibility index (Phi) is 2.45. The quantitative estimate of drug-likeness (QED) is 0.455. The highest BCUT2D eigenvalue weighted by atomic mass is 16.4. The Hall–Kier alpha value is -2.17. The van der Waals surface area contributed by atoms with Gasteiger partial charge in [0.25, 0.3) is 0 Å². The molecule has 76 valence electrons. The lowest BCUT2D eigenvalue weighted by Crippen LogP contribution is -2.01. The average Bonchev–Trinajstić information content (AvgIpc) is 2.78.